The first-order valence-corrected chi connectivity index (χ1v) is 3.59. The van der Waals surface area contributed by atoms with Crippen LogP contribution in [0.4, 0.5) is 14.5 Å². The van der Waals surface area contributed by atoms with Crippen LogP contribution in [0, 0.1) is 10.1 Å². The fourth-order valence-corrected chi connectivity index (χ4v) is 0.915. The molecule has 0 saturated heterocycles. The lowest BCUT2D eigenvalue weighted by molar-refractivity contribution is -0.385. The van der Waals surface area contributed by atoms with Crippen molar-refractivity contribution in [3.63, 3.8) is 0 Å². The van der Waals surface area contributed by atoms with Gasteiger partial charge in [0.1, 0.15) is 6.20 Å². The third kappa shape index (κ3) is 2.22. The van der Waals surface area contributed by atoms with Gasteiger partial charge in [0.05, 0.1) is 10.5 Å². The van der Waals surface area contributed by atoms with Gasteiger partial charge in [-0.05, 0) is 0 Å². The first kappa shape index (κ1) is 11.0. The number of alkyl halides is 2. The van der Waals surface area contributed by atoms with Crippen LogP contribution in [0.5, 0.6) is 0 Å². The molecule has 1 aromatic rings. The Labute approximate surface area is 81.3 Å². The van der Waals surface area contributed by atoms with Crippen LogP contribution in [-0.4, -0.2) is 21.0 Å². The topological polar surface area (TPSA) is 93.3 Å². The summed E-state index contributed by atoms with van der Waals surface area (Å²) in [4.78, 5) is 22.8. The van der Waals surface area contributed by atoms with Gasteiger partial charge in [-0.1, -0.05) is 0 Å². The number of nitrogens with zero attached hydrogens (tertiary/aromatic N) is 2. The number of aromatic carboxylic acids is 1. The number of carboxylic acids is 1. The van der Waals surface area contributed by atoms with E-state index in [1.807, 2.05) is 0 Å². The second kappa shape index (κ2) is 3.95. The van der Waals surface area contributed by atoms with Crippen LogP contribution in [0.15, 0.2) is 12.3 Å². The molecule has 15 heavy (non-hydrogen) atoms. The zero-order valence-corrected chi connectivity index (χ0v) is 7.05. The maximum Gasteiger partial charge on any atom is 0.354 e. The van der Waals surface area contributed by atoms with Crippen molar-refractivity contribution in [3.8, 4) is 0 Å². The van der Waals surface area contributed by atoms with Crippen LogP contribution in [0.2, 0.25) is 0 Å². The van der Waals surface area contributed by atoms with E-state index in [9.17, 15) is 23.7 Å². The van der Waals surface area contributed by atoms with Crippen LogP contribution < -0.4 is 0 Å². The molecular weight excluding hydrogens is 214 g/mol. The second-order valence-corrected chi connectivity index (χ2v) is 2.49. The van der Waals surface area contributed by atoms with E-state index in [0.29, 0.717) is 12.3 Å². The maximum atomic E-state index is 12.3. The highest BCUT2D eigenvalue weighted by Crippen LogP contribution is 2.25. The smallest absolute Gasteiger partial charge is 0.354 e. The Morgan fingerprint density at radius 2 is 2.20 bits per heavy atom. The minimum Gasteiger partial charge on any atom is -0.476 e. The van der Waals surface area contributed by atoms with E-state index < -0.39 is 34.3 Å². The molecule has 0 saturated carbocycles. The van der Waals surface area contributed by atoms with E-state index >= 15 is 0 Å². The molecule has 1 aromatic heterocycles. The average Bonchev–Trinajstić information content (AvgIpc) is 2.16. The second-order valence-electron chi connectivity index (χ2n) is 2.49. The van der Waals surface area contributed by atoms with Gasteiger partial charge in [-0.25, -0.2) is 18.6 Å². The largest absolute Gasteiger partial charge is 0.476 e. The van der Waals surface area contributed by atoms with Gasteiger partial charge in [0, 0.05) is 6.07 Å². The molecule has 0 aliphatic rings. The summed E-state index contributed by atoms with van der Waals surface area (Å²) in [6, 6.07) is 0.501. The predicted molar refractivity (Wildman–Crippen MR) is 42.8 cm³/mol. The third-order valence-electron chi connectivity index (χ3n) is 1.55. The van der Waals surface area contributed by atoms with Crippen molar-refractivity contribution >= 4 is 11.7 Å². The van der Waals surface area contributed by atoms with E-state index in [1.165, 1.54) is 0 Å². The summed E-state index contributed by atoms with van der Waals surface area (Å²) in [5, 5.41) is 18.7. The molecule has 0 aliphatic heterocycles. The van der Waals surface area contributed by atoms with E-state index in [0.717, 1.165) is 0 Å². The predicted octanol–water partition coefficient (Wildman–Crippen LogP) is 1.63. The minimum atomic E-state index is -3.12. The number of carbonyl (C=O) groups is 1. The normalized spacial score (nSPS) is 10.3. The molecule has 1 rings (SSSR count). The van der Waals surface area contributed by atoms with E-state index in [2.05, 4.69) is 4.98 Å². The molecule has 0 unspecified atom stereocenters. The highest BCUT2D eigenvalue weighted by atomic mass is 19.3. The number of nitro groups is 1. The van der Waals surface area contributed by atoms with E-state index in [-0.39, 0.29) is 0 Å². The molecule has 0 radical (unpaired) electrons. The van der Waals surface area contributed by atoms with Gasteiger partial charge >= 0.3 is 5.97 Å². The molecule has 1 N–H and O–H groups in total. The summed E-state index contributed by atoms with van der Waals surface area (Å²) in [5.41, 5.74) is -2.51. The Morgan fingerprint density at radius 3 is 2.60 bits per heavy atom. The van der Waals surface area contributed by atoms with Crippen molar-refractivity contribution in [2.24, 2.45) is 0 Å². The van der Waals surface area contributed by atoms with Gasteiger partial charge in [0.15, 0.2) is 5.69 Å². The molecule has 0 aromatic carbocycles. The van der Waals surface area contributed by atoms with Gasteiger partial charge in [-0.3, -0.25) is 10.1 Å². The van der Waals surface area contributed by atoms with Gasteiger partial charge in [0.25, 0.3) is 12.1 Å². The van der Waals surface area contributed by atoms with Gasteiger partial charge in [-0.15, -0.1) is 0 Å². The van der Waals surface area contributed by atoms with Crippen molar-refractivity contribution in [1.29, 1.82) is 0 Å². The Balaban J connectivity index is 3.33. The number of aromatic nitrogens is 1. The minimum absolute atomic E-state index is 0.501. The maximum absolute atomic E-state index is 12.3. The summed E-state index contributed by atoms with van der Waals surface area (Å²) in [6.07, 6.45) is -2.50. The molecule has 0 amide bonds. The number of hydrogen-bond acceptors (Lipinski definition) is 4. The fraction of sp³-hybridized carbons (Fsp3) is 0.143. The number of hydrogen-bond donors (Lipinski definition) is 1. The molecule has 80 valence electrons. The third-order valence-corrected chi connectivity index (χ3v) is 1.55. The first-order chi connectivity index (χ1) is 6.93. The van der Waals surface area contributed by atoms with Crippen LogP contribution in [-0.2, 0) is 0 Å². The number of rotatable bonds is 3. The zero-order chi connectivity index (χ0) is 11.6. The molecule has 6 nitrogen and oxygen atoms in total. The highest BCUT2D eigenvalue weighted by Gasteiger charge is 2.22. The van der Waals surface area contributed by atoms with Crippen molar-refractivity contribution in [3.05, 3.63) is 33.6 Å². The van der Waals surface area contributed by atoms with Crippen LogP contribution in [0.3, 0.4) is 0 Å². The zero-order valence-electron chi connectivity index (χ0n) is 7.05. The number of pyridine rings is 1. The van der Waals surface area contributed by atoms with Gasteiger partial charge in [0.2, 0.25) is 0 Å². The fourth-order valence-electron chi connectivity index (χ4n) is 0.915. The van der Waals surface area contributed by atoms with Crippen molar-refractivity contribution in [2.45, 2.75) is 6.43 Å². The SMILES string of the molecule is O=C(O)c1ncc([N+](=O)[O-])cc1C(F)F. The van der Waals surface area contributed by atoms with Crippen LogP contribution in [0.25, 0.3) is 0 Å². The summed E-state index contributed by atoms with van der Waals surface area (Å²) < 4.78 is 24.6. The Hall–Kier alpha value is -2.12. The van der Waals surface area contributed by atoms with Crippen LogP contribution in [0.1, 0.15) is 22.5 Å². The Bertz CT molecular complexity index is 421. The van der Waals surface area contributed by atoms with Crippen molar-refractivity contribution in [1.82, 2.24) is 4.98 Å². The lowest BCUT2D eigenvalue weighted by atomic mass is 10.2. The molecular formula is C7H4F2N2O4. The lowest BCUT2D eigenvalue weighted by Gasteiger charge is -2.02. The molecule has 1 heterocycles. The molecule has 0 fully saturated rings. The van der Waals surface area contributed by atoms with Crippen LogP contribution >= 0.6 is 0 Å². The molecule has 0 aliphatic carbocycles. The Kier molecular flexibility index (Phi) is 2.88. The summed E-state index contributed by atoms with van der Waals surface area (Å²) in [7, 11) is 0. The van der Waals surface area contributed by atoms with Crippen molar-refractivity contribution < 1.29 is 23.6 Å². The van der Waals surface area contributed by atoms with E-state index in [4.69, 9.17) is 5.11 Å². The summed E-state index contributed by atoms with van der Waals surface area (Å²) >= 11 is 0. The van der Waals surface area contributed by atoms with Gasteiger partial charge < -0.3 is 5.11 Å². The molecule has 0 bridgehead atoms. The Morgan fingerprint density at radius 1 is 1.60 bits per heavy atom. The monoisotopic (exact) mass is 218 g/mol. The molecule has 8 heteroatoms. The van der Waals surface area contributed by atoms with Crippen molar-refractivity contribution in [2.75, 3.05) is 0 Å². The summed E-state index contributed by atoms with van der Waals surface area (Å²) in [6.45, 7) is 0. The summed E-state index contributed by atoms with van der Waals surface area (Å²) in [5.74, 6) is -1.65. The average molecular weight is 218 g/mol. The quantitative estimate of drug-likeness (QED) is 0.614. The number of carboxylic acid groups (broad SMARTS) is 1. The highest BCUT2D eigenvalue weighted by molar-refractivity contribution is 5.87. The number of halogens is 2. The standard InChI is InChI=1S/C7H4F2N2O4/c8-6(9)4-1-3(11(14)15)2-10-5(4)7(12)13/h1-2,6H,(H,12,13). The van der Waals surface area contributed by atoms with Gasteiger partial charge in [-0.2, -0.15) is 0 Å². The molecule has 0 atom stereocenters. The molecule has 0 spiro atoms. The van der Waals surface area contributed by atoms with E-state index in [1.54, 1.807) is 0 Å². The first-order valence-electron chi connectivity index (χ1n) is 3.59. The lowest BCUT2D eigenvalue weighted by Crippen LogP contribution is -2.07.